The number of benzene rings is 1. The van der Waals surface area contributed by atoms with Crippen LogP contribution in [0.15, 0.2) is 29.2 Å². The van der Waals surface area contributed by atoms with Crippen molar-refractivity contribution in [1.82, 2.24) is 9.62 Å². The van der Waals surface area contributed by atoms with Crippen LogP contribution in [0.2, 0.25) is 0 Å². The monoisotopic (exact) mass is 341 g/mol. The molecule has 7 heteroatoms. The number of rotatable bonds is 6. The maximum Gasteiger partial charge on any atom is 0.243 e. The zero-order chi connectivity index (χ0) is 16.0. The van der Waals surface area contributed by atoms with Gasteiger partial charge in [0.2, 0.25) is 10.0 Å². The molecule has 0 amide bonds. The molecule has 122 valence electrons. The molecule has 0 unspecified atom stereocenters. The molecule has 1 fully saturated rings. The van der Waals surface area contributed by atoms with Gasteiger partial charge in [-0.15, -0.1) is 0 Å². The Kier molecular flexibility index (Phi) is 6.16. The van der Waals surface area contributed by atoms with Crippen LogP contribution in [0, 0.1) is 0 Å². The molecule has 5 nitrogen and oxygen atoms in total. The van der Waals surface area contributed by atoms with Crippen molar-refractivity contribution < 1.29 is 8.42 Å². The zero-order valence-electron chi connectivity index (χ0n) is 12.8. The van der Waals surface area contributed by atoms with Gasteiger partial charge in [0.15, 0.2) is 5.11 Å². The molecule has 22 heavy (non-hydrogen) atoms. The second kappa shape index (κ2) is 7.89. The van der Waals surface area contributed by atoms with Gasteiger partial charge >= 0.3 is 0 Å². The highest BCUT2D eigenvalue weighted by atomic mass is 32.2. The molecule has 0 bridgehead atoms. The van der Waals surface area contributed by atoms with Crippen molar-refractivity contribution >= 4 is 33.0 Å². The Morgan fingerprint density at radius 2 is 2.05 bits per heavy atom. The van der Waals surface area contributed by atoms with Crippen LogP contribution in [0.1, 0.15) is 32.6 Å². The Balaban J connectivity index is 2.05. The lowest BCUT2D eigenvalue weighted by Gasteiger charge is -2.16. The van der Waals surface area contributed by atoms with Crippen LogP contribution < -0.4 is 10.6 Å². The van der Waals surface area contributed by atoms with E-state index < -0.39 is 10.0 Å². The summed E-state index contributed by atoms with van der Waals surface area (Å²) < 4.78 is 26.6. The molecule has 0 saturated carbocycles. The van der Waals surface area contributed by atoms with E-state index in [0.29, 0.717) is 28.8 Å². The summed E-state index contributed by atoms with van der Waals surface area (Å²) in [5.74, 6) is 0. The average molecular weight is 342 g/mol. The lowest BCUT2D eigenvalue weighted by Crippen LogP contribution is -2.30. The van der Waals surface area contributed by atoms with Crippen molar-refractivity contribution in [2.75, 3.05) is 25.0 Å². The Labute approximate surface area is 138 Å². The van der Waals surface area contributed by atoms with Crippen molar-refractivity contribution in [2.45, 2.75) is 37.5 Å². The van der Waals surface area contributed by atoms with Gasteiger partial charge in [0, 0.05) is 25.3 Å². The van der Waals surface area contributed by atoms with Crippen molar-refractivity contribution in [3.05, 3.63) is 24.3 Å². The predicted octanol–water partition coefficient (Wildman–Crippen LogP) is 2.56. The summed E-state index contributed by atoms with van der Waals surface area (Å²) in [6, 6.07) is 6.82. The van der Waals surface area contributed by atoms with Gasteiger partial charge in [-0.1, -0.05) is 19.4 Å². The number of hydrogen-bond donors (Lipinski definition) is 2. The van der Waals surface area contributed by atoms with Gasteiger partial charge < -0.3 is 10.6 Å². The quantitative estimate of drug-likeness (QED) is 0.615. The van der Waals surface area contributed by atoms with Gasteiger partial charge in [-0.25, -0.2) is 8.42 Å². The minimum Gasteiger partial charge on any atom is -0.362 e. The molecular weight excluding hydrogens is 318 g/mol. The first-order valence-electron chi connectivity index (χ1n) is 7.69. The minimum absolute atomic E-state index is 0.316. The molecule has 1 saturated heterocycles. The number of unbranched alkanes of at least 4 members (excludes halogenated alkanes) is 1. The van der Waals surface area contributed by atoms with Crippen LogP contribution in [0.25, 0.3) is 0 Å². The van der Waals surface area contributed by atoms with E-state index in [1.54, 1.807) is 22.5 Å². The van der Waals surface area contributed by atoms with Crippen molar-refractivity contribution in [2.24, 2.45) is 0 Å². The molecule has 0 aromatic heterocycles. The predicted molar refractivity (Wildman–Crippen MR) is 93.6 cm³/mol. The first kappa shape index (κ1) is 17.2. The maximum absolute atomic E-state index is 12.5. The second-order valence-electron chi connectivity index (χ2n) is 5.37. The van der Waals surface area contributed by atoms with Gasteiger partial charge in [-0.2, -0.15) is 4.31 Å². The standard InChI is InChI=1S/C15H23N3O2S2/c1-2-3-9-16-15(21)17-13-7-6-8-14(12-13)22(19,20)18-10-4-5-11-18/h6-8,12H,2-5,9-11H2,1H3,(H2,16,17,21). The molecule has 1 aliphatic rings. The molecule has 2 rings (SSSR count). The fraction of sp³-hybridized carbons (Fsp3) is 0.533. The Bertz CT molecular complexity index is 611. The van der Waals surface area contributed by atoms with Gasteiger partial charge in [0.1, 0.15) is 0 Å². The van der Waals surface area contributed by atoms with Crippen molar-refractivity contribution in [3.8, 4) is 0 Å². The van der Waals surface area contributed by atoms with E-state index in [4.69, 9.17) is 12.2 Å². The zero-order valence-corrected chi connectivity index (χ0v) is 14.5. The highest BCUT2D eigenvalue weighted by Crippen LogP contribution is 2.23. The fourth-order valence-corrected chi connectivity index (χ4v) is 4.15. The number of hydrogen-bond acceptors (Lipinski definition) is 3. The van der Waals surface area contributed by atoms with Crippen LogP contribution in [0.3, 0.4) is 0 Å². The summed E-state index contributed by atoms with van der Waals surface area (Å²) in [6.45, 7) is 4.15. The van der Waals surface area contributed by atoms with E-state index in [1.165, 1.54) is 0 Å². The summed E-state index contributed by atoms with van der Waals surface area (Å²) in [7, 11) is -3.39. The summed E-state index contributed by atoms with van der Waals surface area (Å²) in [6.07, 6.45) is 4.01. The topological polar surface area (TPSA) is 61.4 Å². The average Bonchev–Trinajstić information content (AvgIpc) is 3.03. The molecule has 1 aromatic carbocycles. The lowest BCUT2D eigenvalue weighted by molar-refractivity contribution is 0.477. The minimum atomic E-state index is -3.39. The highest BCUT2D eigenvalue weighted by Gasteiger charge is 2.27. The van der Waals surface area contributed by atoms with Gasteiger partial charge in [0.05, 0.1) is 4.90 Å². The molecule has 2 N–H and O–H groups in total. The first-order valence-corrected chi connectivity index (χ1v) is 9.54. The van der Waals surface area contributed by atoms with Gasteiger partial charge in [-0.3, -0.25) is 0 Å². The van der Waals surface area contributed by atoms with Gasteiger partial charge in [0.25, 0.3) is 0 Å². The molecular formula is C15H23N3O2S2. The van der Waals surface area contributed by atoms with Crippen molar-refractivity contribution in [1.29, 1.82) is 0 Å². The Hall–Kier alpha value is -1.18. The first-order chi connectivity index (χ1) is 10.5. The van der Waals surface area contributed by atoms with Crippen LogP contribution >= 0.6 is 12.2 Å². The molecule has 1 heterocycles. The summed E-state index contributed by atoms with van der Waals surface area (Å²) >= 11 is 5.21. The van der Waals surface area contributed by atoms with E-state index in [2.05, 4.69) is 17.6 Å². The fourth-order valence-electron chi connectivity index (χ4n) is 2.37. The van der Waals surface area contributed by atoms with Crippen LogP contribution in [0.4, 0.5) is 5.69 Å². The molecule has 0 radical (unpaired) electrons. The Morgan fingerprint density at radius 3 is 2.73 bits per heavy atom. The molecule has 1 aromatic rings. The third-order valence-electron chi connectivity index (χ3n) is 3.61. The smallest absolute Gasteiger partial charge is 0.243 e. The number of anilines is 1. The largest absolute Gasteiger partial charge is 0.362 e. The third kappa shape index (κ3) is 4.41. The third-order valence-corrected chi connectivity index (χ3v) is 5.75. The Morgan fingerprint density at radius 1 is 1.32 bits per heavy atom. The number of nitrogens with zero attached hydrogens (tertiary/aromatic N) is 1. The van der Waals surface area contributed by atoms with Crippen molar-refractivity contribution in [3.63, 3.8) is 0 Å². The van der Waals surface area contributed by atoms with E-state index in [-0.39, 0.29) is 0 Å². The second-order valence-corrected chi connectivity index (χ2v) is 7.72. The molecule has 0 spiro atoms. The molecule has 0 aliphatic carbocycles. The number of nitrogens with one attached hydrogen (secondary N) is 2. The summed E-state index contributed by atoms with van der Waals surface area (Å²) in [4.78, 5) is 0.316. The van der Waals surface area contributed by atoms with E-state index in [0.717, 1.165) is 32.2 Å². The van der Waals surface area contributed by atoms with Crippen LogP contribution in [0.5, 0.6) is 0 Å². The molecule has 0 atom stereocenters. The van der Waals surface area contributed by atoms with Gasteiger partial charge in [-0.05, 0) is 49.7 Å². The summed E-state index contributed by atoms with van der Waals surface area (Å²) in [5.41, 5.74) is 0.689. The van der Waals surface area contributed by atoms with E-state index in [9.17, 15) is 8.42 Å². The summed E-state index contributed by atoms with van der Waals surface area (Å²) in [5, 5.41) is 6.66. The normalized spacial score (nSPS) is 15.7. The maximum atomic E-state index is 12.5. The number of sulfonamides is 1. The number of thiocarbonyl (C=S) groups is 1. The lowest BCUT2D eigenvalue weighted by atomic mass is 10.3. The van der Waals surface area contributed by atoms with E-state index >= 15 is 0 Å². The highest BCUT2D eigenvalue weighted by molar-refractivity contribution is 7.89. The molecule has 1 aliphatic heterocycles. The van der Waals surface area contributed by atoms with E-state index in [1.807, 2.05) is 6.07 Å². The SMILES string of the molecule is CCCCNC(=S)Nc1cccc(S(=O)(=O)N2CCCC2)c1. The van der Waals surface area contributed by atoms with Crippen LogP contribution in [-0.4, -0.2) is 37.5 Å². The van der Waals surface area contributed by atoms with Crippen LogP contribution in [-0.2, 0) is 10.0 Å².